The normalized spacial score (nSPS) is 12.3. The summed E-state index contributed by atoms with van der Waals surface area (Å²) in [5, 5.41) is 18.5. The van der Waals surface area contributed by atoms with Gasteiger partial charge >= 0.3 is 5.97 Å². The van der Waals surface area contributed by atoms with Crippen molar-refractivity contribution in [3.05, 3.63) is 0 Å². The summed E-state index contributed by atoms with van der Waals surface area (Å²) in [6, 6.07) is 0. The molecule has 0 aromatic carbocycles. The van der Waals surface area contributed by atoms with Gasteiger partial charge in [-0.05, 0) is 19.3 Å². The molecule has 33 heavy (non-hydrogen) atoms. The zero-order valence-electron chi connectivity index (χ0n) is 22.5. The molecule has 3 heteroatoms. The third-order valence-corrected chi connectivity index (χ3v) is 7.07. The summed E-state index contributed by atoms with van der Waals surface area (Å²) in [4.78, 5) is 10.5. The van der Waals surface area contributed by atoms with Gasteiger partial charge in [0.1, 0.15) is 0 Å². The Morgan fingerprint density at radius 1 is 0.485 bits per heavy atom. The number of hydrogen-bond acceptors (Lipinski definition) is 2. The first kappa shape index (κ1) is 32.4. The van der Waals surface area contributed by atoms with Crippen LogP contribution in [0.1, 0.15) is 180 Å². The number of rotatable bonds is 28. The van der Waals surface area contributed by atoms with Gasteiger partial charge in [0.2, 0.25) is 0 Å². The highest BCUT2D eigenvalue weighted by molar-refractivity contribution is 5.66. The lowest BCUT2D eigenvalue weighted by Gasteiger charge is -2.09. The fourth-order valence-electron chi connectivity index (χ4n) is 4.80. The summed E-state index contributed by atoms with van der Waals surface area (Å²) in [6.45, 7) is 2.29. The molecule has 0 rings (SSSR count). The van der Waals surface area contributed by atoms with Gasteiger partial charge in [-0.1, -0.05) is 155 Å². The fourth-order valence-corrected chi connectivity index (χ4v) is 4.80. The average Bonchev–Trinajstić information content (AvgIpc) is 2.79. The van der Waals surface area contributed by atoms with Crippen LogP contribution in [-0.2, 0) is 4.79 Å². The van der Waals surface area contributed by atoms with Crippen LogP contribution in [0.25, 0.3) is 0 Å². The monoisotopic (exact) mass is 468 g/mol. The van der Waals surface area contributed by atoms with E-state index >= 15 is 0 Å². The lowest BCUT2D eigenvalue weighted by Crippen LogP contribution is -2.07. The third-order valence-electron chi connectivity index (χ3n) is 7.07. The van der Waals surface area contributed by atoms with E-state index in [0.717, 1.165) is 12.8 Å². The summed E-state index contributed by atoms with van der Waals surface area (Å²) in [6.07, 6.45) is 34.1. The van der Waals surface area contributed by atoms with Gasteiger partial charge in [0, 0.05) is 6.42 Å². The van der Waals surface area contributed by atoms with E-state index in [1.165, 1.54) is 141 Å². The molecule has 0 spiro atoms. The molecule has 0 fully saturated rings. The molecule has 0 aliphatic heterocycles. The topological polar surface area (TPSA) is 57.5 Å². The van der Waals surface area contributed by atoms with Crippen molar-refractivity contribution in [2.24, 2.45) is 0 Å². The van der Waals surface area contributed by atoms with Gasteiger partial charge < -0.3 is 10.2 Å². The molecule has 1 atom stereocenters. The van der Waals surface area contributed by atoms with Gasteiger partial charge in [-0.2, -0.15) is 0 Å². The van der Waals surface area contributed by atoms with Crippen molar-refractivity contribution < 1.29 is 15.0 Å². The molecule has 3 nitrogen and oxygen atoms in total. The van der Waals surface area contributed by atoms with E-state index in [-0.39, 0.29) is 12.5 Å². The Morgan fingerprint density at radius 3 is 1.06 bits per heavy atom. The van der Waals surface area contributed by atoms with E-state index in [2.05, 4.69) is 6.92 Å². The summed E-state index contributed by atoms with van der Waals surface area (Å²) in [7, 11) is 0. The lowest BCUT2D eigenvalue weighted by molar-refractivity contribution is -0.137. The maximum atomic E-state index is 10.5. The first-order chi connectivity index (χ1) is 16.2. The number of hydrogen-bond donors (Lipinski definition) is 2. The van der Waals surface area contributed by atoms with Crippen molar-refractivity contribution in [3.8, 4) is 0 Å². The second kappa shape index (κ2) is 27.7. The molecule has 2 N–H and O–H groups in total. The molecular weight excluding hydrogens is 408 g/mol. The molecule has 1 unspecified atom stereocenters. The average molecular weight is 469 g/mol. The van der Waals surface area contributed by atoms with Crippen LogP contribution in [0.15, 0.2) is 0 Å². The molecule has 0 saturated carbocycles. The van der Waals surface area contributed by atoms with E-state index in [1.807, 2.05) is 0 Å². The first-order valence-electron chi connectivity index (χ1n) is 15.1. The standard InChI is InChI=1S/C30H60O3/c1-2-3-4-5-6-7-8-9-10-11-12-13-14-15-16-17-18-19-20-21-22-23-24-26-29(31)27-25-28-30(32)33/h29,31H,2-28H2,1H3,(H,32,33). The quantitative estimate of drug-likeness (QED) is 0.112. The van der Waals surface area contributed by atoms with Gasteiger partial charge in [-0.25, -0.2) is 0 Å². The predicted molar refractivity (Wildman–Crippen MR) is 144 cm³/mol. The SMILES string of the molecule is CCCCCCCCCCCCCCCCCCCCCCCCCC(O)CCCC(=O)O. The highest BCUT2D eigenvalue weighted by Crippen LogP contribution is 2.16. The molecule has 0 aliphatic carbocycles. The van der Waals surface area contributed by atoms with Gasteiger partial charge in [0.25, 0.3) is 0 Å². The van der Waals surface area contributed by atoms with E-state index in [0.29, 0.717) is 12.8 Å². The highest BCUT2D eigenvalue weighted by atomic mass is 16.4. The molecule has 0 bridgehead atoms. The minimum Gasteiger partial charge on any atom is -0.481 e. The Hall–Kier alpha value is -0.570. The smallest absolute Gasteiger partial charge is 0.303 e. The number of carboxylic acid groups (broad SMARTS) is 1. The van der Waals surface area contributed by atoms with Gasteiger partial charge in [-0.3, -0.25) is 4.79 Å². The molecule has 0 radical (unpaired) electrons. The Bertz CT molecular complexity index is 383. The summed E-state index contributed by atoms with van der Waals surface area (Å²) in [5.41, 5.74) is 0. The zero-order valence-corrected chi connectivity index (χ0v) is 22.5. The van der Waals surface area contributed by atoms with Crippen LogP contribution < -0.4 is 0 Å². The molecule has 0 aromatic heterocycles. The minimum absolute atomic E-state index is 0.177. The van der Waals surface area contributed by atoms with Gasteiger partial charge in [0.15, 0.2) is 0 Å². The van der Waals surface area contributed by atoms with E-state index in [4.69, 9.17) is 5.11 Å². The van der Waals surface area contributed by atoms with Crippen molar-refractivity contribution in [1.29, 1.82) is 0 Å². The number of carboxylic acids is 1. The summed E-state index contributed by atoms with van der Waals surface area (Å²) in [5.74, 6) is -0.762. The second-order valence-electron chi connectivity index (χ2n) is 10.5. The number of aliphatic hydroxyl groups excluding tert-OH is 1. The highest BCUT2D eigenvalue weighted by Gasteiger charge is 2.05. The van der Waals surface area contributed by atoms with Crippen molar-refractivity contribution in [2.75, 3.05) is 0 Å². The van der Waals surface area contributed by atoms with Crippen molar-refractivity contribution in [1.82, 2.24) is 0 Å². The maximum absolute atomic E-state index is 10.5. The van der Waals surface area contributed by atoms with Crippen LogP contribution in [0, 0.1) is 0 Å². The van der Waals surface area contributed by atoms with Crippen LogP contribution in [0.3, 0.4) is 0 Å². The number of carbonyl (C=O) groups is 1. The number of unbranched alkanes of at least 4 members (excludes halogenated alkanes) is 22. The predicted octanol–water partition coefficient (Wildman–Crippen LogP) is 9.98. The van der Waals surface area contributed by atoms with Crippen molar-refractivity contribution in [2.45, 2.75) is 186 Å². The van der Waals surface area contributed by atoms with Gasteiger partial charge in [0.05, 0.1) is 6.10 Å². The van der Waals surface area contributed by atoms with Crippen LogP contribution in [0.5, 0.6) is 0 Å². The Morgan fingerprint density at radius 2 is 0.758 bits per heavy atom. The number of aliphatic carboxylic acids is 1. The minimum atomic E-state index is -0.762. The molecule has 0 saturated heterocycles. The van der Waals surface area contributed by atoms with Crippen LogP contribution >= 0.6 is 0 Å². The molecule has 0 heterocycles. The second-order valence-corrected chi connectivity index (χ2v) is 10.5. The fraction of sp³-hybridized carbons (Fsp3) is 0.967. The molecular formula is C30H60O3. The lowest BCUT2D eigenvalue weighted by atomic mass is 10.0. The Kier molecular flexibility index (Phi) is 27.2. The van der Waals surface area contributed by atoms with E-state index in [9.17, 15) is 9.90 Å². The van der Waals surface area contributed by atoms with Crippen LogP contribution in [-0.4, -0.2) is 22.3 Å². The van der Waals surface area contributed by atoms with Crippen molar-refractivity contribution in [3.63, 3.8) is 0 Å². The molecule has 198 valence electrons. The van der Waals surface area contributed by atoms with Gasteiger partial charge in [-0.15, -0.1) is 0 Å². The molecule has 0 amide bonds. The Balaban J connectivity index is 3.08. The first-order valence-corrected chi connectivity index (χ1v) is 15.1. The summed E-state index contributed by atoms with van der Waals surface area (Å²) >= 11 is 0. The van der Waals surface area contributed by atoms with Crippen LogP contribution in [0.4, 0.5) is 0 Å². The Labute approximate surface area is 207 Å². The van der Waals surface area contributed by atoms with E-state index in [1.54, 1.807) is 0 Å². The van der Waals surface area contributed by atoms with Crippen molar-refractivity contribution >= 4 is 5.97 Å². The molecule has 0 aliphatic rings. The summed E-state index contributed by atoms with van der Waals surface area (Å²) < 4.78 is 0. The number of aliphatic hydroxyl groups is 1. The molecule has 0 aromatic rings. The third kappa shape index (κ3) is 29.4. The van der Waals surface area contributed by atoms with E-state index < -0.39 is 5.97 Å². The largest absolute Gasteiger partial charge is 0.481 e. The van der Waals surface area contributed by atoms with Crippen LogP contribution in [0.2, 0.25) is 0 Å². The maximum Gasteiger partial charge on any atom is 0.303 e. The zero-order chi connectivity index (χ0) is 24.2.